The second-order valence-corrected chi connectivity index (χ2v) is 13.4. The Morgan fingerprint density at radius 2 is 1.38 bits per heavy atom. The molecule has 0 aliphatic carbocycles. The third-order valence-corrected chi connectivity index (χ3v) is 9.49. The molecule has 0 aromatic heterocycles. The van der Waals surface area contributed by atoms with E-state index in [1.165, 1.54) is 18.2 Å². The fourth-order valence-corrected chi connectivity index (χ4v) is 6.19. The average Bonchev–Trinajstić information content (AvgIpc) is 3.04. The molecule has 47 heavy (non-hydrogen) atoms. The van der Waals surface area contributed by atoms with Gasteiger partial charge in [0.2, 0.25) is 11.8 Å². The number of carbonyl (C=O) groups is 3. The summed E-state index contributed by atoms with van der Waals surface area (Å²) in [6.07, 6.45) is 31.7. The van der Waals surface area contributed by atoms with Crippen LogP contribution in [0.1, 0.15) is 116 Å². The number of unbranched alkanes of at least 4 members (excludes halogenated alkanes) is 2. The third-order valence-electron chi connectivity index (χ3n) is 7.68. The second-order valence-electron chi connectivity index (χ2n) is 11.9. The van der Waals surface area contributed by atoms with Crippen molar-refractivity contribution in [1.29, 1.82) is 0 Å². The number of rotatable bonds is 24. The first-order valence-corrected chi connectivity index (χ1v) is 18.2. The maximum atomic E-state index is 13.6. The van der Waals surface area contributed by atoms with E-state index < -0.39 is 22.7 Å². The zero-order valence-electron chi connectivity index (χ0n) is 29.2. The van der Waals surface area contributed by atoms with Crippen molar-refractivity contribution in [3.63, 3.8) is 0 Å². The predicted molar refractivity (Wildman–Crippen MR) is 199 cm³/mol. The van der Waals surface area contributed by atoms with Gasteiger partial charge in [-0.1, -0.05) is 95.4 Å². The summed E-state index contributed by atoms with van der Waals surface area (Å²) in [6.45, 7) is 10.1. The number of carbonyl (C=O) groups excluding carboxylic acids is 2. The van der Waals surface area contributed by atoms with Gasteiger partial charge >= 0.3 is 5.97 Å². The highest BCUT2D eigenvalue weighted by molar-refractivity contribution is 8.01. The molecule has 0 spiro atoms. The lowest BCUT2D eigenvalue weighted by Crippen LogP contribution is -2.52. The number of carboxylic acids is 1. The Bertz CT molecular complexity index is 1230. The van der Waals surface area contributed by atoms with E-state index in [9.17, 15) is 24.6 Å². The van der Waals surface area contributed by atoms with Crippen LogP contribution in [0, 0.1) is 5.92 Å². The fraction of sp³-hybridized carbons (Fsp3) is 0.513. The Morgan fingerprint density at radius 1 is 0.830 bits per heavy atom. The SMILES string of the molecule is CC/C=C\C/C=C\C/C=C\C/C=C\C/C=C\CCCCSC(CC)(CC)C(=O)NC(CC(C)C)C(=O)Nc1ccc(O)c(C(=O)O)c1. The number of carboxylic acid groups (broad SMARTS) is 1. The minimum Gasteiger partial charge on any atom is -0.507 e. The summed E-state index contributed by atoms with van der Waals surface area (Å²) in [6, 6.07) is 3.10. The first kappa shape index (κ1) is 41.5. The Morgan fingerprint density at radius 3 is 1.89 bits per heavy atom. The van der Waals surface area contributed by atoms with Gasteiger partial charge in [0, 0.05) is 5.69 Å². The molecular weight excluding hydrogens is 609 g/mol. The molecule has 0 saturated carbocycles. The van der Waals surface area contributed by atoms with Crippen LogP contribution < -0.4 is 10.6 Å². The summed E-state index contributed by atoms with van der Waals surface area (Å²) in [5.41, 5.74) is -0.0618. The molecule has 1 atom stereocenters. The number of nitrogens with one attached hydrogen (secondary N) is 2. The number of allylic oxidation sites excluding steroid dienone is 10. The molecule has 4 N–H and O–H groups in total. The number of aromatic hydroxyl groups is 1. The van der Waals surface area contributed by atoms with Crippen molar-refractivity contribution in [2.75, 3.05) is 11.1 Å². The summed E-state index contributed by atoms with van der Waals surface area (Å²) in [5.74, 6) is -1.25. The molecule has 0 radical (unpaired) electrons. The molecule has 0 fully saturated rings. The van der Waals surface area contributed by atoms with Gasteiger partial charge < -0.3 is 20.8 Å². The number of hydrogen-bond acceptors (Lipinski definition) is 5. The van der Waals surface area contributed by atoms with Crippen molar-refractivity contribution in [3.8, 4) is 5.75 Å². The predicted octanol–water partition coefficient (Wildman–Crippen LogP) is 9.77. The standard InChI is InChI=1S/C39H58N2O5S/c1-6-9-10-11-12-13-14-15-16-17-18-19-20-21-22-23-24-25-28-47-39(7-2,8-3)38(46)41-34(29-31(4)5)36(43)40-32-26-27-35(42)33(30-32)37(44)45/h9-10,12-13,15-16,18-19,21-22,26-27,30-31,34,42H,6-8,11,14,17,20,23-25,28-29H2,1-5H3,(H,40,43)(H,41,46)(H,44,45)/b10-9-,13-12-,16-15-,19-18-,22-21-. The van der Waals surface area contributed by atoms with Crippen LogP contribution in [0.2, 0.25) is 0 Å². The molecule has 1 unspecified atom stereocenters. The Balaban J connectivity index is 2.52. The largest absolute Gasteiger partial charge is 0.507 e. The summed E-state index contributed by atoms with van der Waals surface area (Å²) < 4.78 is -0.637. The van der Waals surface area contributed by atoms with Gasteiger partial charge in [0.15, 0.2) is 0 Å². The van der Waals surface area contributed by atoms with Gasteiger partial charge in [0.05, 0.1) is 4.75 Å². The van der Waals surface area contributed by atoms with Crippen LogP contribution in [0.15, 0.2) is 79.0 Å². The molecule has 8 heteroatoms. The molecule has 0 aliphatic rings. The summed E-state index contributed by atoms with van der Waals surface area (Å²) in [7, 11) is 0. The van der Waals surface area contributed by atoms with E-state index in [0.29, 0.717) is 19.3 Å². The highest BCUT2D eigenvalue weighted by Crippen LogP contribution is 2.34. The summed E-state index contributed by atoms with van der Waals surface area (Å²) in [5, 5.41) is 24.8. The normalized spacial score (nSPS) is 13.1. The van der Waals surface area contributed by atoms with E-state index in [1.807, 2.05) is 27.7 Å². The second kappa shape index (κ2) is 24.6. The molecule has 7 nitrogen and oxygen atoms in total. The van der Waals surface area contributed by atoms with Crippen LogP contribution in [-0.4, -0.2) is 44.5 Å². The van der Waals surface area contributed by atoms with Crippen molar-refractivity contribution >= 4 is 35.2 Å². The van der Waals surface area contributed by atoms with Gasteiger partial charge in [-0.25, -0.2) is 4.79 Å². The molecule has 0 heterocycles. The highest BCUT2D eigenvalue weighted by atomic mass is 32.2. The fourth-order valence-electron chi connectivity index (χ4n) is 4.85. The smallest absolute Gasteiger partial charge is 0.339 e. The number of benzene rings is 1. The van der Waals surface area contributed by atoms with Gasteiger partial charge in [-0.2, -0.15) is 0 Å². The maximum absolute atomic E-state index is 13.6. The number of anilines is 1. The van der Waals surface area contributed by atoms with Crippen LogP contribution in [-0.2, 0) is 9.59 Å². The molecule has 2 amide bonds. The van der Waals surface area contributed by atoms with Crippen LogP contribution in [0.5, 0.6) is 5.75 Å². The molecular formula is C39H58N2O5S. The zero-order valence-corrected chi connectivity index (χ0v) is 30.0. The monoisotopic (exact) mass is 666 g/mol. The highest BCUT2D eigenvalue weighted by Gasteiger charge is 2.37. The van der Waals surface area contributed by atoms with Crippen LogP contribution in [0.25, 0.3) is 0 Å². The van der Waals surface area contributed by atoms with Crippen LogP contribution >= 0.6 is 11.8 Å². The lowest BCUT2D eigenvalue weighted by molar-refractivity contribution is -0.128. The average molecular weight is 667 g/mol. The molecule has 260 valence electrons. The van der Waals surface area contributed by atoms with Gasteiger partial charge in [0.25, 0.3) is 0 Å². The Labute approximate surface area is 287 Å². The summed E-state index contributed by atoms with van der Waals surface area (Å²) >= 11 is 1.66. The molecule has 1 rings (SSSR count). The number of phenols is 1. The minimum absolute atomic E-state index is 0.140. The van der Waals surface area contributed by atoms with Crippen molar-refractivity contribution < 1.29 is 24.6 Å². The van der Waals surface area contributed by atoms with Gasteiger partial charge in [-0.15, -0.1) is 11.8 Å². The van der Waals surface area contributed by atoms with E-state index in [-0.39, 0.29) is 28.8 Å². The van der Waals surface area contributed by atoms with Gasteiger partial charge in [-0.05, 0) is 100 Å². The lowest BCUT2D eigenvalue weighted by Gasteiger charge is -2.32. The van der Waals surface area contributed by atoms with E-state index in [1.54, 1.807) is 11.8 Å². The quantitative estimate of drug-likeness (QED) is 0.0496. The van der Waals surface area contributed by atoms with Crippen molar-refractivity contribution in [2.45, 2.75) is 116 Å². The maximum Gasteiger partial charge on any atom is 0.339 e. The van der Waals surface area contributed by atoms with Crippen LogP contribution in [0.4, 0.5) is 5.69 Å². The minimum atomic E-state index is -1.30. The molecule has 0 aliphatic heterocycles. The lowest BCUT2D eigenvalue weighted by atomic mass is 9.98. The molecule has 0 bridgehead atoms. The van der Waals surface area contributed by atoms with Gasteiger partial charge in [0.1, 0.15) is 17.4 Å². The number of thioether (sulfide) groups is 1. The third kappa shape index (κ3) is 17.3. The van der Waals surface area contributed by atoms with Crippen molar-refractivity contribution in [2.24, 2.45) is 5.92 Å². The Hall–Kier alpha value is -3.52. The number of aromatic carboxylic acids is 1. The van der Waals surface area contributed by atoms with Crippen molar-refractivity contribution in [1.82, 2.24) is 5.32 Å². The van der Waals surface area contributed by atoms with E-state index in [0.717, 1.165) is 57.1 Å². The first-order valence-electron chi connectivity index (χ1n) is 17.2. The zero-order chi connectivity index (χ0) is 34.9. The first-order chi connectivity index (χ1) is 22.6. The molecule has 0 saturated heterocycles. The van der Waals surface area contributed by atoms with E-state index >= 15 is 0 Å². The Kier molecular flexibility index (Phi) is 21.7. The van der Waals surface area contributed by atoms with E-state index in [4.69, 9.17) is 0 Å². The number of hydrogen-bond donors (Lipinski definition) is 4. The molecule has 1 aromatic rings. The van der Waals surface area contributed by atoms with Crippen molar-refractivity contribution in [3.05, 3.63) is 84.5 Å². The van der Waals surface area contributed by atoms with E-state index in [2.05, 4.69) is 78.3 Å². The van der Waals surface area contributed by atoms with Gasteiger partial charge in [-0.3, -0.25) is 9.59 Å². The van der Waals surface area contributed by atoms with Crippen LogP contribution in [0.3, 0.4) is 0 Å². The molecule has 1 aromatic carbocycles. The number of amides is 2. The topological polar surface area (TPSA) is 116 Å². The summed E-state index contributed by atoms with van der Waals surface area (Å²) in [4.78, 5) is 38.3.